The number of nitriles is 1. The number of hydrogen-bond acceptors (Lipinski definition) is 2. The number of halogens is 2. The van der Waals surface area contributed by atoms with Crippen LogP contribution < -0.4 is 5.32 Å². The summed E-state index contributed by atoms with van der Waals surface area (Å²) in [4.78, 5) is 0. The molecule has 2 rings (SSSR count). The molecule has 2 aromatic rings. The van der Waals surface area contributed by atoms with E-state index in [9.17, 15) is 8.78 Å². The van der Waals surface area contributed by atoms with Gasteiger partial charge in [-0.3, -0.25) is 0 Å². The highest BCUT2D eigenvalue weighted by atomic mass is 19.1. The van der Waals surface area contributed by atoms with E-state index >= 15 is 0 Å². The monoisotopic (exact) mass is 258 g/mol. The minimum Gasteiger partial charge on any atom is -0.384 e. The van der Waals surface area contributed by atoms with Crippen LogP contribution in [0.25, 0.3) is 0 Å². The van der Waals surface area contributed by atoms with Gasteiger partial charge < -0.3 is 5.32 Å². The van der Waals surface area contributed by atoms with Crippen molar-refractivity contribution in [1.82, 2.24) is 0 Å². The van der Waals surface area contributed by atoms with Gasteiger partial charge in [0.2, 0.25) is 0 Å². The summed E-state index contributed by atoms with van der Waals surface area (Å²) in [5, 5.41) is 11.9. The number of anilines is 1. The molecule has 0 bridgehead atoms. The van der Waals surface area contributed by atoms with Crippen LogP contribution >= 0.6 is 0 Å². The fourth-order valence-corrected chi connectivity index (χ4v) is 1.82. The lowest BCUT2D eigenvalue weighted by atomic mass is 10.1. The first-order valence-corrected chi connectivity index (χ1v) is 5.87. The normalized spacial score (nSPS) is 9.95. The first-order valence-electron chi connectivity index (χ1n) is 5.87. The van der Waals surface area contributed by atoms with Crippen LogP contribution in [0.1, 0.15) is 11.1 Å². The highest BCUT2D eigenvalue weighted by Crippen LogP contribution is 2.17. The molecule has 2 nitrogen and oxygen atoms in total. The Kier molecular flexibility index (Phi) is 4.09. The van der Waals surface area contributed by atoms with E-state index in [4.69, 9.17) is 5.26 Å². The van der Waals surface area contributed by atoms with Crippen molar-refractivity contribution in [2.45, 2.75) is 6.42 Å². The molecule has 0 atom stereocenters. The minimum atomic E-state index is -0.543. The van der Waals surface area contributed by atoms with E-state index in [1.165, 1.54) is 18.2 Å². The first-order chi connectivity index (χ1) is 9.20. The maximum absolute atomic E-state index is 13.3. The van der Waals surface area contributed by atoms with Crippen molar-refractivity contribution in [1.29, 1.82) is 5.26 Å². The Morgan fingerprint density at radius 1 is 1.11 bits per heavy atom. The molecule has 19 heavy (non-hydrogen) atoms. The van der Waals surface area contributed by atoms with Crippen molar-refractivity contribution in [2.24, 2.45) is 0 Å². The zero-order valence-electron chi connectivity index (χ0n) is 10.2. The lowest BCUT2D eigenvalue weighted by Gasteiger charge is -2.08. The van der Waals surface area contributed by atoms with Crippen molar-refractivity contribution >= 4 is 5.69 Å². The summed E-state index contributed by atoms with van der Waals surface area (Å²) in [5.74, 6) is -0.820. The van der Waals surface area contributed by atoms with Gasteiger partial charge in [0, 0.05) is 6.54 Å². The van der Waals surface area contributed by atoms with Gasteiger partial charge in [0.05, 0.1) is 5.69 Å². The number of nitrogens with one attached hydrogen (secondary N) is 1. The fraction of sp³-hybridized carbons (Fsp3) is 0.133. The van der Waals surface area contributed by atoms with Gasteiger partial charge >= 0.3 is 0 Å². The molecule has 0 aromatic heterocycles. The Bertz CT molecular complexity index is 618. The number of benzene rings is 2. The van der Waals surface area contributed by atoms with Crippen molar-refractivity contribution in [2.75, 3.05) is 11.9 Å². The van der Waals surface area contributed by atoms with E-state index in [1.54, 1.807) is 18.2 Å². The van der Waals surface area contributed by atoms with Gasteiger partial charge in [-0.2, -0.15) is 5.26 Å². The molecule has 2 aromatic carbocycles. The number of hydrogen-bond donors (Lipinski definition) is 1. The highest BCUT2D eigenvalue weighted by molar-refractivity contribution is 5.57. The SMILES string of the molecule is N#Cc1c(F)cccc1NCCc1cccc(F)c1. The van der Waals surface area contributed by atoms with Gasteiger partial charge in [-0.1, -0.05) is 18.2 Å². The fourth-order valence-electron chi connectivity index (χ4n) is 1.82. The van der Waals surface area contributed by atoms with Crippen LogP contribution in [-0.4, -0.2) is 6.54 Å². The van der Waals surface area contributed by atoms with E-state index in [-0.39, 0.29) is 11.4 Å². The van der Waals surface area contributed by atoms with Crippen LogP contribution in [-0.2, 0) is 6.42 Å². The zero-order chi connectivity index (χ0) is 13.7. The Labute approximate surface area is 110 Å². The van der Waals surface area contributed by atoms with E-state index in [2.05, 4.69) is 5.32 Å². The maximum Gasteiger partial charge on any atom is 0.143 e. The van der Waals surface area contributed by atoms with Gasteiger partial charge in [0.15, 0.2) is 0 Å². The van der Waals surface area contributed by atoms with E-state index < -0.39 is 5.82 Å². The van der Waals surface area contributed by atoms with Crippen molar-refractivity contribution < 1.29 is 8.78 Å². The van der Waals surface area contributed by atoms with Gasteiger partial charge in [0.1, 0.15) is 23.3 Å². The third-order valence-electron chi connectivity index (χ3n) is 2.74. The average molecular weight is 258 g/mol. The molecule has 4 heteroatoms. The average Bonchev–Trinajstić information content (AvgIpc) is 2.39. The molecule has 0 aliphatic rings. The predicted molar refractivity (Wildman–Crippen MR) is 69.7 cm³/mol. The highest BCUT2D eigenvalue weighted by Gasteiger charge is 2.06. The van der Waals surface area contributed by atoms with Crippen LogP contribution in [0, 0.1) is 23.0 Å². The smallest absolute Gasteiger partial charge is 0.143 e. The van der Waals surface area contributed by atoms with E-state index in [1.807, 2.05) is 12.1 Å². The zero-order valence-corrected chi connectivity index (χ0v) is 10.2. The first kappa shape index (κ1) is 13.0. The van der Waals surface area contributed by atoms with Gasteiger partial charge in [-0.25, -0.2) is 8.78 Å². The van der Waals surface area contributed by atoms with Crippen LogP contribution in [0.5, 0.6) is 0 Å². The van der Waals surface area contributed by atoms with Crippen LogP contribution in [0.2, 0.25) is 0 Å². The standard InChI is InChI=1S/C15H12F2N2/c16-12-4-1-3-11(9-12)7-8-19-15-6-2-5-14(17)13(15)10-18/h1-6,9,19H,7-8H2. The van der Waals surface area contributed by atoms with E-state index in [0.29, 0.717) is 18.7 Å². The lowest BCUT2D eigenvalue weighted by Crippen LogP contribution is -2.07. The van der Waals surface area contributed by atoms with Crippen LogP contribution in [0.4, 0.5) is 14.5 Å². The third kappa shape index (κ3) is 3.29. The topological polar surface area (TPSA) is 35.8 Å². The maximum atomic E-state index is 13.3. The molecule has 0 aliphatic heterocycles. The summed E-state index contributed by atoms with van der Waals surface area (Å²) in [7, 11) is 0. The second-order valence-electron chi connectivity index (χ2n) is 4.08. The third-order valence-corrected chi connectivity index (χ3v) is 2.74. The second-order valence-corrected chi connectivity index (χ2v) is 4.08. The van der Waals surface area contributed by atoms with Crippen molar-refractivity contribution in [3.8, 4) is 6.07 Å². The molecule has 0 heterocycles. The molecular formula is C15H12F2N2. The van der Waals surface area contributed by atoms with Crippen molar-refractivity contribution in [3.63, 3.8) is 0 Å². The lowest BCUT2D eigenvalue weighted by molar-refractivity contribution is 0.624. The molecule has 96 valence electrons. The summed E-state index contributed by atoms with van der Waals surface area (Å²) in [6, 6.07) is 12.6. The molecule has 0 fully saturated rings. The Morgan fingerprint density at radius 3 is 2.63 bits per heavy atom. The molecule has 0 saturated heterocycles. The van der Waals surface area contributed by atoms with Crippen molar-refractivity contribution in [3.05, 3.63) is 65.2 Å². The molecule has 0 spiro atoms. The Hall–Kier alpha value is -2.41. The number of rotatable bonds is 4. The minimum absolute atomic E-state index is 0.00161. The second kappa shape index (κ2) is 5.96. The molecule has 0 unspecified atom stereocenters. The van der Waals surface area contributed by atoms with E-state index in [0.717, 1.165) is 5.56 Å². The van der Waals surface area contributed by atoms with Gasteiger partial charge in [-0.05, 0) is 36.2 Å². The van der Waals surface area contributed by atoms with Gasteiger partial charge in [-0.15, -0.1) is 0 Å². The summed E-state index contributed by atoms with van der Waals surface area (Å²) in [6.07, 6.45) is 0.596. The molecule has 0 amide bonds. The summed E-state index contributed by atoms with van der Waals surface area (Å²) >= 11 is 0. The quantitative estimate of drug-likeness (QED) is 0.911. The predicted octanol–water partition coefficient (Wildman–Crippen LogP) is 3.49. The summed E-state index contributed by atoms with van der Waals surface area (Å²) in [5.41, 5.74) is 1.31. The number of nitrogens with zero attached hydrogens (tertiary/aromatic N) is 1. The molecule has 0 aliphatic carbocycles. The Morgan fingerprint density at radius 2 is 1.89 bits per heavy atom. The summed E-state index contributed by atoms with van der Waals surface area (Å²) in [6.45, 7) is 0.502. The molecule has 1 N–H and O–H groups in total. The molecule has 0 radical (unpaired) electrons. The van der Waals surface area contributed by atoms with Gasteiger partial charge in [0.25, 0.3) is 0 Å². The largest absolute Gasteiger partial charge is 0.384 e. The van der Waals surface area contributed by atoms with Crippen LogP contribution in [0.15, 0.2) is 42.5 Å². The molecule has 0 saturated carbocycles. The Balaban J connectivity index is 2.00. The van der Waals surface area contributed by atoms with Crippen LogP contribution in [0.3, 0.4) is 0 Å². The molecular weight excluding hydrogens is 246 g/mol. The summed E-state index contributed by atoms with van der Waals surface area (Å²) < 4.78 is 26.3.